The second-order valence-electron chi connectivity index (χ2n) is 17.9. The second kappa shape index (κ2) is 42.7. The minimum Gasteiger partial charge on any atom is -0.457 e. The number of carbonyl (C=O) groups excluding carboxylic acids is 1. The van der Waals surface area contributed by atoms with Crippen LogP contribution < -0.4 is 0 Å². The Kier molecular flexibility index (Phi) is 41.9. The lowest BCUT2D eigenvalue weighted by molar-refractivity contribution is -0.870. The van der Waals surface area contributed by atoms with Crippen molar-refractivity contribution in [1.82, 2.24) is 0 Å². The fourth-order valence-corrected chi connectivity index (χ4v) is 7.67. The molecular weight excluding hydrogens is 746 g/mol. The number of hydrogen-bond acceptors (Lipinski definition) is 6. The van der Waals surface area contributed by atoms with Gasteiger partial charge in [-0.05, 0) is 38.5 Å². The monoisotopic (exact) mass is 843 g/mol. The van der Waals surface area contributed by atoms with Gasteiger partial charge in [0.2, 0.25) is 0 Å². The molecular formula is C49H97NO7P+. The Morgan fingerprint density at radius 3 is 1.45 bits per heavy atom. The number of phosphoric acid groups is 1. The predicted molar refractivity (Wildman–Crippen MR) is 247 cm³/mol. The van der Waals surface area contributed by atoms with Crippen molar-refractivity contribution in [2.24, 2.45) is 0 Å². The molecule has 344 valence electrons. The first-order valence-corrected chi connectivity index (χ1v) is 26.1. The molecule has 0 aliphatic carbocycles. The number of carbonyl (C=O) groups is 1. The van der Waals surface area contributed by atoms with Crippen molar-refractivity contribution in [2.45, 2.75) is 232 Å². The SMILES string of the molecule is CCCC/C=C\C/C=C\CCCCCCCC(=O)OC(COCCCCCCCCCCCCCCCCCCCCCCCC)COP(=O)(O)OCC[N+](C)(C)C. The minimum atomic E-state index is -4.28. The summed E-state index contributed by atoms with van der Waals surface area (Å²) in [5.41, 5.74) is 0. The van der Waals surface area contributed by atoms with Gasteiger partial charge in [-0.2, -0.15) is 0 Å². The number of rotatable bonds is 46. The van der Waals surface area contributed by atoms with Crippen LogP contribution in [0.5, 0.6) is 0 Å². The molecule has 0 aliphatic heterocycles. The van der Waals surface area contributed by atoms with Crippen molar-refractivity contribution in [3.8, 4) is 0 Å². The normalized spacial score (nSPS) is 13.8. The zero-order chi connectivity index (χ0) is 42.7. The van der Waals surface area contributed by atoms with Crippen LogP contribution in [0, 0.1) is 0 Å². The summed E-state index contributed by atoms with van der Waals surface area (Å²) in [6, 6.07) is 0. The molecule has 2 atom stereocenters. The van der Waals surface area contributed by atoms with E-state index in [9.17, 15) is 14.3 Å². The highest BCUT2D eigenvalue weighted by Gasteiger charge is 2.26. The maximum atomic E-state index is 12.7. The molecule has 0 rings (SSSR count). The molecule has 2 unspecified atom stereocenters. The van der Waals surface area contributed by atoms with E-state index in [0.717, 1.165) is 57.8 Å². The van der Waals surface area contributed by atoms with Gasteiger partial charge >= 0.3 is 13.8 Å². The zero-order valence-electron chi connectivity index (χ0n) is 39.0. The number of allylic oxidation sites excluding steroid dienone is 4. The predicted octanol–water partition coefficient (Wildman–Crippen LogP) is 14.8. The molecule has 0 fully saturated rings. The lowest BCUT2D eigenvalue weighted by Crippen LogP contribution is -2.37. The summed E-state index contributed by atoms with van der Waals surface area (Å²) in [5, 5.41) is 0. The van der Waals surface area contributed by atoms with Gasteiger partial charge in [0, 0.05) is 13.0 Å². The number of ether oxygens (including phenoxy) is 2. The fraction of sp³-hybridized carbons (Fsp3) is 0.898. The topological polar surface area (TPSA) is 91.3 Å². The van der Waals surface area contributed by atoms with E-state index < -0.39 is 13.9 Å². The highest BCUT2D eigenvalue weighted by Crippen LogP contribution is 2.43. The van der Waals surface area contributed by atoms with Crippen molar-refractivity contribution >= 4 is 13.8 Å². The van der Waals surface area contributed by atoms with Gasteiger partial charge in [-0.15, -0.1) is 0 Å². The molecule has 0 radical (unpaired) electrons. The third kappa shape index (κ3) is 46.1. The van der Waals surface area contributed by atoms with E-state index in [0.29, 0.717) is 24.1 Å². The standard InChI is InChI=1S/C49H96NO7P/c1-6-8-10-12-14-16-18-20-22-23-24-25-26-27-28-29-31-33-35-37-39-41-44-54-46-48(47-56-58(52,53)55-45-43-50(3,4)5)57-49(51)42-40-38-36-34-32-30-21-19-17-15-13-11-9-7-2/h13,15,19,21,48H,6-12,14,16-18,20,22-47H2,1-5H3/p+1/b15-13-,21-19-. The molecule has 0 spiro atoms. The van der Waals surface area contributed by atoms with Crippen LogP contribution in [0.4, 0.5) is 0 Å². The van der Waals surface area contributed by atoms with Crippen LogP contribution in [0.2, 0.25) is 0 Å². The molecule has 58 heavy (non-hydrogen) atoms. The lowest BCUT2D eigenvalue weighted by Gasteiger charge is -2.24. The van der Waals surface area contributed by atoms with Gasteiger partial charge in [0.25, 0.3) is 0 Å². The van der Waals surface area contributed by atoms with E-state index in [1.54, 1.807) is 0 Å². The van der Waals surface area contributed by atoms with E-state index in [4.69, 9.17) is 18.5 Å². The highest BCUT2D eigenvalue weighted by atomic mass is 31.2. The maximum Gasteiger partial charge on any atom is 0.472 e. The summed E-state index contributed by atoms with van der Waals surface area (Å²) >= 11 is 0. The molecule has 0 aromatic rings. The van der Waals surface area contributed by atoms with Crippen LogP contribution in [-0.2, 0) is 27.9 Å². The Labute approximate surface area is 360 Å². The smallest absolute Gasteiger partial charge is 0.457 e. The lowest BCUT2D eigenvalue weighted by atomic mass is 10.0. The van der Waals surface area contributed by atoms with Gasteiger partial charge in [-0.25, -0.2) is 4.57 Å². The van der Waals surface area contributed by atoms with E-state index in [2.05, 4.69) is 38.2 Å². The van der Waals surface area contributed by atoms with Crippen LogP contribution in [0.25, 0.3) is 0 Å². The van der Waals surface area contributed by atoms with Crippen molar-refractivity contribution in [2.75, 3.05) is 54.1 Å². The largest absolute Gasteiger partial charge is 0.472 e. The fourth-order valence-electron chi connectivity index (χ4n) is 6.92. The van der Waals surface area contributed by atoms with Crippen molar-refractivity contribution in [1.29, 1.82) is 0 Å². The summed E-state index contributed by atoms with van der Waals surface area (Å²) in [6.07, 6.45) is 49.4. The molecule has 0 aromatic carbocycles. The zero-order valence-corrected chi connectivity index (χ0v) is 39.9. The Balaban J connectivity index is 4.10. The van der Waals surface area contributed by atoms with Crippen LogP contribution in [0.1, 0.15) is 226 Å². The van der Waals surface area contributed by atoms with Crippen molar-refractivity contribution in [3.05, 3.63) is 24.3 Å². The molecule has 0 heterocycles. The van der Waals surface area contributed by atoms with Crippen LogP contribution >= 0.6 is 7.82 Å². The number of esters is 1. The van der Waals surface area contributed by atoms with E-state index in [-0.39, 0.29) is 25.8 Å². The first kappa shape index (κ1) is 57.0. The third-order valence-corrected chi connectivity index (χ3v) is 11.7. The summed E-state index contributed by atoms with van der Waals surface area (Å²) in [4.78, 5) is 22.9. The van der Waals surface area contributed by atoms with E-state index in [1.165, 1.54) is 148 Å². The van der Waals surface area contributed by atoms with E-state index >= 15 is 0 Å². The Bertz CT molecular complexity index is 983. The number of quaternary nitrogens is 1. The van der Waals surface area contributed by atoms with Gasteiger partial charge in [-0.1, -0.05) is 205 Å². The Morgan fingerprint density at radius 2 is 0.966 bits per heavy atom. The van der Waals surface area contributed by atoms with Gasteiger partial charge in [-0.3, -0.25) is 13.8 Å². The second-order valence-corrected chi connectivity index (χ2v) is 19.3. The Hall–Kier alpha value is -1.02. The average molecular weight is 843 g/mol. The Morgan fingerprint density at radius 1 is 0.534 bits per heavy atom. The van der Waals surface area contributed by atoms with Crippen LogP contribution in [0.3, 0.4) is 0 Å². The first-order chi connectivity index (χ1) is 28.1. The van der Waals surface area contributed by atoms with E-state index in [1.807, 2.05) is 21.1 Å². The highest BCUT2D eigenvalue weighted by molar-refractivity contribution is 7.47. The quantitative estimate of drug-likeness (QED) is 0.0215. The molecule has 0 saturated carbocycles. The number of hydrogen-bond donors (Lipinski definition) is 1. The maximum absolute atomic E-state index is 12.7. The summed E-state index contributed by atoms with van der Waals surface area (Å²) in [6.45, 7) is 5.61. The third-order valence-electron chi connectivity index (χ3n) is 10.8. The molecule has 0 amide bonds. The summed E-state index contributed by atoms with van der Waals surface area (Å²) < 4.78 is 35.1. The summed E-state index contributed by atoms with van der Waals surface area (Å²) in [5.74, 6) is -0.324. The minimum absolute atomic E-state index is 0.0878. The molecule has 0 saturated heterocycles. The molecule has 0 aromatic heterocycles. The van der Waals surface area contributed by atoms with Crippen LogP contribution in [0.15, 0.2) is 24.3 Å². The van der Waals surface area contributed by atoms with Gasteiger partial charge in [0.15, 0.2) is 0 Å². The summed E-state index contributed by atoms with van der Waals surface area (Å²) in [7, 11) is 1.67. The van der Waals surface area contributed by atoms with Crippen molar-refractivity contribution in [3.63, 3.8) is 0 Å². The molecule has 0 aliphatic rings. The number of unbranched alkanes of at least 4 members (excludes halogenated alkanes) is 28. The number of nitrogens with zero attached hydrogens (tertiary/aromatic N) is 1. The van der Waals surface area contributed by atoms with Gasteiger partial charge in [0.1, 0.15) is 19.3 Å². The molecule has 0 bridgehead atoms. The number of likely N-dealkylation sites (N-methyl/N-ethyl adjacent to an activating group) is 1. The van der Waals surface area contributed by atoms with Crippen LogP contribution in [-0.4, -0.2) is 75.6 Å². The van der Waals surface area contributed by atoms with Gasteiger partial charge < -0.3 is 18.9 Å². The van der Waals surface area contributed by atoms with Gasteiger partial charge in [0.05, 0.1) is 34.4 Å². The molecule has 9 heteroatoms. The molecule has 1 N–H and O–H groups in total. The number of phosphoric ester groups is 1. The first-order valence-electron chi connectivity index (χ1n) is 24.6. The molecule has 8 nitrogen and oxygen atoms in total. The average Bonchev–Trinajstić information content (AvgIpc) is 3.18. The van der Waals surface area contributed by atoms with Crippen molar-refractivity contribution < 1.29 is 37.3 Å².